The second kappa shape index (κ2) is 34.2. The lowest BCUT2D eigenvalue weighted by Gasteiger charge is -2.49. The van der Waals surface area contributed by atoms with Gasteiger partial charge in [0.25, 0.3) is 5.91 Å². The summed E-state index contributed by atoms with van der Waals surface area (Å²) < 4.78 is 73.5. The first-order valence-corrected chi connectivity index (χ1v) is 34.6. The van der Waals surface area contributed by atoms with E-state index in [9.17, 15) is 74.7 Å². The maximum Gasteiger partial charge on any atom is 0.341 e. The number of nitrogens with zero attached hydrogens (tertiary/aromatic N) is 1. The Kier molecular flexibility index (Phi) is 25.6. The van der Waals surface area contributed by atoms with E-state index < -0.39 is 195 Å². The molecule has 24 atom stereocenters. The van der Waals surface area contributed by atoms with Crippen LogP contribution >= 0.6 is 0 Å². The molecule has 0 radical (unpaired) electrons. The Bertz CT molecular complexity index is 3710. The Balaban J connectivity index is 0.804. The minimum atomic E-state index is -1.83. The molecule has 6 fully saturated rings. The second-order valence-corrected chi connectivity index (χ2v) is 26.7. The van der Waals surface area contributed by atoms with Crippen molar-refractivity contribution in [2.24, 2.45) is 17.8 Å². The van der Waals surface area contributed by atoms with Crippen LogP contribution in [0.25, 0.3) is 21.9 Å². The number of amides is 3. The van der Waals surface area contributed by atoms with E-state index >= 15 is 0 Å². The molecule has 0 bridgehead atoms. The van der Waals surface area contributed by atoms with E-state index in [1.807, 2.05) is 13.8 Å². The Morgan fingerprint density at radius 2 is 1.11 bits per heavy atom. The molecule has 30 heteroatoms. The number of carbonyl (C=O) groups is 4. The summed E-state index contributed by atoms with van der Waals surface area (Å²) in [5, 5.41) is 108. The Morgan fingerprint density at radius 1 is 0.564 bits per heavy atom. The summed E-state index contributed by atoms with van der Waals surface area (Å²) in [6.45, 7) is 3.36. The van der Waals surface area contributed by atoms with Gasteiger partial charge in [0.05, 0.1) is 73.6 Å². The molecule has 6 aliphatic rings. The van der Waals surface area contributed by atoms with Crippen LogP contribution < -0.4 is 21.9 Å². The number of hydrogen-bond donors (Lipinski definition) is 11. The molecular weight excluding hydrogens is 1330 g/mol. The molecule has 3 aromatic carbocycles. The fourth-order valence-corrected chi connectivity index (χ4v) is 14.0. The van der Waals surface area contributed by atoms with E-state index in [4.69, 9.17) is 56.2 Å². The number of carbonyl (C=O) groups excluding carboxylic acids is 4. The molecule has 2 saturated carbocycles. The average Bonchev–Trinajstić information content (AvgIpc) is 0.774. The molecule has 4 aliphatic heterocycles. The van der Waals surface area contributed by atoms with Crippen molar-refractivity contribution < 1.29 is 121 Å². The lowest BCUT2D eigenvalue weighted by molar-refractivity contribution is -0.349. The van der Waals surface area contributed by atoms with Crippen molar-refractivity contribution in [2.75, 3.05) is 39.4 Å². The van der Waals surface area contributed by atoms with Crippen molar-refractivity contribution in [3.63, 3.8) is 0 Å². The number of fused-ring (bicyclic) bond motifs is 2. The van der Waals surface area contributed by atoms with Gasteiger partial charge in [-0.25, -0.2) is 14.4 Å². The third-order valence-electron chi connectivity index (χ3n) is 19.9. The molecule has 11 N–H and O–H groups in total. The summed E-state index contributed by atoms with van der Waals surface area (Å²) in [6, 6.07) is 24.6. The third-order valence-corrected chi connectivity index (χ3v) is 19.9. The number of rotatable bonds is 27. The molecule has 2 aromatic heterocycles. The minimum Gasteiger partial charge on any atom is -0.450 e. The molecule has 0 spiro atoms. The first kappa shape index (κ1) is 75.4. The molecule has 3 amide bonds. The minimum absolute atomic E-state index is 0.0509. The highest BCUT2D eigenvalue weighted by molar-refractivity contribution is 5.89. The molecule has 30 nitrogen and oxygen atoms in total. The van der Waals surface area contributed by atoms with Crippen LogP contribution in [0.3, 0.4) is 0 Å². The zero-order chi connectivity index (χ0) is 71.8. The number of ether oxygens (including phenoxy) is 10. The molecular formula is C71H91N3O27. The number of para-hydroxylation sites is 2. The monoisotopic (exact) mass is 1420 g/mol. The Hall–Kier alpha value is -6.76. The maximum absolute atomic E-state index is 14.6. The number of likely N-dealkylation sites (tertiary alicyclic amines) is 1. The number of aliphatic hydroxyl groups excluding tert-OH is 9. The maximum atomic E-state index is 14.6. The van der Waals surface area contributed by atoms with Crippen LogP contribution in [0.4, 0.5) is 0 Å². The molecule has 4 saturated heterocycles. The summed E-state index contributed by atoms with van der Waals surface area (Å²) in [5.41, 5.74) is -0.561. The first-order valence-electron chi connectivity index (χ1n) is 34.6. The fraction of sp³-hybridized carbons (Fsp3) is 0.606. The number of nitrogens with one attached hydrogen (secondary N) is 2. The topological polar surface area (TPSA) is 430 Å². The van der Waals surface area contributed by atoms with E-state index in [0.717, 1.165) is 6.42 Å². The summed E-state index contributed by atoms with van der Waals surface area (Å²) in [7, 11) is 0. The van der Waals surface area contributed by atoms with Gasteiger partial charge < -0.3 is 118 Å². The summed E-state index contributed by atoms with van der Waals surface area (Å²) in [4.78, 5) is 84.9. The summed E-state index contributed by atoms with van der Waals surface area (Å²) in [5.74, 6) is -4.88. The lowest BCUT2D eigenvalue weighted by atomic mass is 9.75. The van der Waals surface area contributed by atoms with Crippen LogP contribution in [-0.4, -0.2) is 243 Å². The standard InChI is InChI=1S/C71H91N3O27/c1-4-14-46(65(86)74-23-13-24-74)93-61-55(80)51(32-76)99-71(62(61)100-66(87)37-15-7-6-8-16-37)97-49-30-40(25-36(5-2)59(49)101-69-57(82)56(81)52(77)35(3)92-69)63(84)72-21-22-73-64(85)41-28-47(90-33-42-26-38-17-9-11-19-44(38)94-67(42)88)53(78)48(29-41)96-70-58(83)60(54(79)50(31-75)98-70)91-34-43-27-39-18-10-12-20-45(39)95-68(43)89/h6-12,15-20,26-27,35-36,40-41,46-62,69-71,75-83H,4-5,13-14,21-25,28-34H2,1-3H3,(H,72,84)(H,73,85)/t35?,36?,40?,41?,46-,47?,48+,49+,50?,51?,52+,53?,54-,55-,56?,57?,58?,59?,60?,61?,62?,69-,70+,71+/m0/s1. The fourth-order valence-electron chi connectivity index (χ4n) is 14.0. The molecule has 552 valence electrons. The van der Waals surface area contributed by atoms with Crippen molar-refractivity contribution >= 4 is 45.6 Å². The number of benzene rings is 3. The predicted octanol–water partition coefficient (Wildman–Crippen LogP) is 0.322. The van der Waals surface area contributed by atoms with Crippen LogP contribution in [0.2, 0.25) is 0 Å². The van der Waals surface area contributed by atoms with E-state index in [0.29, 0.717) is 47.9 Å². The highest BCUT2D eigenvalue weighted by Crippen LogP contribution is 2.41. The van der Waals surface area contributed by atoms with E-state index in [2.05, 4.69) is 10.6 Å². The molecule has 5 aromatic rings. The molecule has 6 heterocycles. The molecule has 101 heavy (non-hydrogen) atoms. The van der Waals surface area contributed by atoms with Gasteiger partial charge in [-0.3, -0.25) is 14.4 Å². The van der Waals surface area contributed by atoms with Crippen LogP contribution in [0.5, 0.6) is 0 Å². The average molecular weight is 1420 g/mol. The molecule has 11 rings (SSSR count). The number of aliphatic hydroxyl groups is 9. The van der Waals surface area contributed by atoms with Gasteiger partial charge in [-0.15, -0.1) is 0 Å². The zero-order valence-corrected chi connectivity index (χ0v) is 56.2. The van der Waals surface area contributed by atoms with Gasteiger partial charge in [0.1, 0.15) is 84.4 Å². The van der Waals surface area contributed by atoms with Crippen molar-refractivity contribution in [3.05, 3.63) is 129 Å². The van der Waals surface area contributed by atoms with Crippen LogP contribution in [0.15, 0.2) is 109 Å². The van der Waals surface area contributed by atoms with Gasteiger partial charge in [0.2, 0.25) is 11.8 Å². The van der Waals surface area contributed by atoms with Gasteiger partial charge in [0, 0.05) is 48.8 Å². The van der Waals surface area contributed by atoms with Gasteiger partial charge in [0.15, 0.2) is 25.0 Å². The summed E-state index contributed by atoms with van der Waals surface area (Å²) >= 11 is 0. The van der Waals surface area contributed by atoms with Crippen LogP contribution in [0.1, 0.15) is 93.6 Å². The number of esters is 1. The van der Waals surface area contributed by atoms with Gasteiger partial charge in [-0.05, 0) is 87.8 Å². The smallest absolute Gasteiger partial charge is 0.341 e. The predicted molar refractivity (Wildman–Crippen MR) is 350 cm³/mol. The second-order valence-electron chi connectivity index (χ2n) is 26.7. The largest absolute Gasteiger partial charge is 0.450 e. The van der Waals surface area contributed by atoms with Crippen LogP contribution in [-0.2, 0) is 75.0 Å². The van der Waals surface area contributed by atoms with Gasteiger partial charge >= 0.3 is 17.2 Å². The van der Waals surface area contributed by atoms with Crippen LogP contribution in [0, 0.1) is 17.8 Å². The normalized spacial score (nSPS) is 34.0. The van der Waals surface area contributed by atoms with E-state index in [1.54, 1.807) is 77.7 Å². The quantitative estimate of drug-likeness (QED) is 0.0192. The zero-order valence-electron chi connectivity index (χ0n) is 56.2. The lowest BCUT2D eigenvalue weighted by Crippen LogP contribution is -2.64. The number of hydrogen-bond acceptors (Lipinski definition) is 27. The van der Waals surface area contributed by atoms with Gasteiger partial charge in [-0.1, -0.05) is 81.3 Å². The first-order chi connectivity index (χ1) is 48.7. The van der Waals surface area contributed by atoms with Crippen molar-refractivity contribution in [3.8, 4) is 0 Å². The molecule has 2 aliphatic carbocycles. The Morgan fingerprint density at radius 3 is 1.70 bits per heavy atom. The van der Waals surface area contributed by atoms with E-state index in [-0.39, 0.29) is 74.4 Å². The third kappa shape index (κ3) is 17.4. The highest BCUT2D eigenvalue weighted by Gasteiger charge is 2.55. The van der Waals surface area contributed by atoms with Crippen molar-refractivity contribution in [2.45, 2.75) is 214 Å². The van der Waals surface area contributed by atoms with Crippen molar-refractivity contribution in [1.82, 2.24) is 15.5 Å². The van der Waals surface area contributed by atoms with Gasteiger partial charge in [-0.2, -0.15) is 0 Å². The highest BCUT2D eigenvalue weighted by atomic mass is 16.8. The van der Waals surface area contributed by atoms with E-state index in [1.165, 1.54) is 25.1 Å². The Labute approximate surface area is 580 Å². The SMILES string of the molecule is CCC[C@H](OC1C(OC(=O)c2ccccc2)[C@H](O[C@@H]2CC(C(=O)NCCNC(=O)C3CC(OCc4cc5ccccc5oc4=O)C(O)[C@H](O[C@@H]4OC(CO)[C@H](O)C(OCc5cc6ccccc6oc5=O)C4O)C3)CC(CC)C2O[C@@H]2OC(C)[C@@H](O)C(O)C2O)OC(CO)[C@@H]1O)C(=O)N1CCC1. The van der Waals surface area contributed by atoms with Crippen molar-refractivity contribution in [1.29, 1.82) is 0 Å². The molecule has 15 unspecified atom stereocenters. The summed E-state index contributed by atoms with van der Waals surface area (Å²) in [6.07, 6.45) is -30.1.